The average molecular weight is 275 g/mol. The van der Waals surface area contributed by atoms with Gasteiger partial charge < -0.3 is 9.31 Å². The molecule has 106 valence electrons. The van der Waals surface area contributed by atoms with Crippen LogP contribution in [0.1, 0.15) is 55.5 Å². The highest BCUT2D eigenvalue weighted by molar-refractivity contribution is 6.61. The van der Waals surface area contributed by atoms with E-state index in [9.17, 15) is 9.59 Å². The molecule has 6 heteroatoms. The van der Waals surface area contributed by atoms with E-state index in [2.05, 4.69) is 4.98 Å². The van der Waals surface area contributed by atoms with Gasteiger partial charge in [0.15, 0.2) is 5.78 Å². The fourth-order valence-electron chi connectivity index (χ4n) is 1.91. The molecule has 0 atom stereocenters. The van der Waals surface area contributed by atoms with Crippen LogP contribution in [0.15, 0.2) is 12.1 Å². The van der Waals surface area contributed by atoms with E-state index >= 15 is 0 Å². The lowest BCUT2D eigenvalue weighted by molar-refractivity contribution is 0.00578. The number of nitrogens with zero attached hydrogens (tertiary/aromatic N) is 1. The molecule has 0 radical (unpaired) electrons. The van der Waals surface area contributed by atoms with Gasteiger partial charge in [-0.3, -0.25) is 14.6 Å². The van der Waals surface area contributed by atoms with Gasteiger partial charge in [-0.05, 0) is 39.8 Å². The van der Waals surface area contributed by atoms with Gasteiger partial charge in [-0.15, -0.1) is 0 Å². The molecule has 1 aliphatic rings. The minimum atomic E-state index is -0.682. The van der Waals surface area contributed by atoms with Crippen molar-refractivity contribution in [2.24, 2.45) is 0 Å². The number of carbonyl (C=O) groups is 2. The van der Waals surface area contributed by atoms with Crippen LogP contribution in [0.5, 0.6) is 0 Å². The van der Waals surface area contributed by atoms with E-state index in [0.29, 0.717) is 17.4 Å². The Labute approximate surface area is 118 Å². The molecule has 20 heavy (non-hydrogen) atoms. The van der Waals surface area contributed by atoms with E-state index in [0.717, 1.165) is 0 Å². The largest absolute Gasteiger partial charge is 0.514 e. The minimum absolute atomic E-state index is 0.202. The quantitative estimate of drug-likeness (QED) is 0.474. The molecule has 0 aromatic carbocycles. The second-order valence-corrected chi connectivity index (χ2v) is 5.97. The zero-order chi connectivity index (χ0) is 15.1. The predicted octanol–water partition coefficient (Wildman–Crippen LogP) is 1.40. The monoisotopic (exact) mass is 275 g/mol. The molecule has 0 unspecified atom stereocenters. The van der Waals surface area contributed by atoms with Crippen molar-refractivity contribution in [3.63, 3.8) is 0 Å². The molecule has 0 saturated carbocycles. The molecule has 0 bridgehead atoms. The lowest BCUT2D eigenvalue weighted by atomic mass is 9.83. The van der Waals surface area contributed by atoms with Crippen LogP contribution in [0.4, 0.5) is 0 Å². The van der Waals surface area contributed by atoms with E-state index < -0.39 is 18.3 Å². The molecule has 5 nitrogen and oxygen atoms in total. The van der Waals surface area contributed by atoms with Gasteiger partial charge in [0.2, 0.25) is 0 Å². The fourth-order valence-corrected chi connectivity index (χ4v) is 1.91. The van der Waals surface area contributed by atoms with E-state index in [1.807, 2.05) is 27.7 Å². The molecule has 0 aliphatic carbocycles. The topological polar surface area (TPSA) is 65.5 Å². The van der Waals surface area contributed by atoms with Gasteiger partial charge in [-0.25, -0.2) is 0 Å². The molecule has 1 saturated heterocycles. The van der Waals surface area contributed by atoms with Gasteiger partial charge in [0.1, 0.15) is 12.0 Å². The maximum Gasteiger partial charge on any atom is 0.514 e. The maximum absolute atomic E-state index is 11.5. The van der Waals surface area contributed by atoms with Crippen molar-refractivity contribution in [1.29, 1.82) is 0 Å². The van der Waals surface area contributed by atoms with Crippen LogP contribution in [0, 0.1) is 0 Å². The third-order valence-electron chi connectivity index (χ3n) is 3.86. The van der Waals surface area contributed by atoms with Crippen molar-refractivity contribution < 1.29 is 18.9 Å². The summed E-state index contributed by atoms with van der Waals surface area (Å²) < 4.78 is 11.7. The van der Waals surface area contributed by atoms with Crippen molar-refractivity contribution in [2.75, 3.05) is 0 Å². The highest BCUT2D eigenvalue weighted by Gasteiger charge is 2.52. The Kier molecular flexibility index (Phi) is 3.56. The number of carbonyl (C=O) groups excluding carboxylic acids is 2. The number of aldehydes is 1. The molecule has 1 aliphatic heterocycles. The molecular weight excluding hydrogens is 257 g/mol. The summed E-state index contributed by atoms with van der Waals surface area (Å²) in [6.07, 6.45) is 0.683. The van der Waals surface area contributed by atoms with Crippen LogP contribution in [0.25, 0.3) is 0 Å². The average Bonchev–Trinajstić information content (AvgIpc) is 2.58. The molecule has 2 heterocycles. The van der Waals surface area contributed by atoms with Crippen LogP contribution in [-0.2, 0) is 9.31 Å². The minimum Gasteiger partial charge on any atom is -0.398 e. The highest BCUT2D eigenvalue weighted by atomic mass is 16.7. The summed E-state index contributed by atoms with van der Waals surface area (Å²) in [5.74, 6) is -0.202. The standard InChI is InChI=1S/C14H18BNO4/c1-9(18)11-6-10(8-17)7-12(16-11)15-19-13(2,3)14(4,5)20-15/h6-8H,1-5H3. The number of hydrogen-bond donors (Lipinski definition) is 0. The summed E-state index contributed by atoms with van der Waals surface area (Å²) in [5, 5.41) is 0. The number of hydrogen-bond acceptors (Lipinski definition) is 5. The van der Waals surface area contributed by atoms with Crippen molar-refractivity contribution in [2.45, 2.75) is 45.8 Å². The Morgan fingerprint density at radius 3 is 2.20 bits per heavy atom. The second-order valence-electron chi connectivity index (χ2n) is 5.97. The lowest BCUT2D eigenvalue weighted by Crippen LogP contribution is -2.41. The summed E-state index contributed by atoms with van der Waals surface area (Å²) in [6.45, 7) is 9.14. The van der Waals surface area contributed by atoms with Gasteiger partial charge in [0.25, 0.3) is 0 Å². The van der Waals surface area contributed by atoms with Gasteiger partial charge in [-0.1, -0.05) is 0 Å². The number of aromatic nitrogens is 1. The fraction of sp³-hybridized carbons (Fsp3) is 0.500. The van der Waals surface area contributed by atoms with Crippen LogP contribution in [0.2, 0.25) is 0 Å². The maximum atomic E-state index is 11.5. The summed E-state index contributed by atoms with van der Waals surface area (Å²) in [4.78, 5) is 26.7. The number of ketones is 1. The SMILES string of the molecule is CC(=O)c1cc(C=O)cc(B2OC(C)(C)C(C)(C)O2)n1. The third-order valence-corrected chi connectivity index (χ3v) is 3.86. The van der Waals surface area contributed by atoms with Crippen LogP contribution < -0.4 is 5.59 Å². The number of Topliss-reactive ketones (excluding diaryl/α,β-unsaturated/α-hetero) is 1. The normalized spacial score (nSPS) is 19.9. The first-order valence-corrected chi connectivity index (χ1v) is 6.50. The molecule has 2 rings (SSSR count). The van der Waals surface area contributed by atoms with E-state index in [-0.39, 0.29) is 11.5 Å². The number of pyridine rings is 1. The lowest BCUT2D eigenvalue weighted by Gasteiger charge is -2.32. The van der Waals surface area contributed by atoms with Gasteiger partial charge in [0.05, 0.1) is 16.8 Å². The van der Waals surface area contributed by atoms with E-state index in [4.69, 9.17) is 9.31 Å². The predicted molar refractivity (Wildman–Crippen MR) is 75.3 cm³/mol. The summed E-state index contributed by atoms with van der Waals surface area (Å²) in [6, 6.07) is 3.05. The smallest absolute Gasteiger partial charge is 0.398 e. The second kappa shape index (κ2) is 4.79. The molecule has 1 aromatic heterocycles. The van der Waals surface area contributed by atoms with E-state index in [1.165, 1.54) is 13.0 Å². The molecule has 0 N–H and O–H groups in total. The number of rotatable bonds is 3. The van der Waals surface area contributed by atoms with Crippen LogP contribution in [-0.4, -0.2) is 35.4 Å². The zero-order valence-electron chi connectivity index (χ0n) is 12.4. The Morgan fingerprint density at radius 1 is 1.20 bits per heavy atom. The van der Waals surface area contributed by atoms with Crippen LogP contribution >= 0.6 is 0 Å². The molecule has 0 spiro atoms. The van der Waals surface area contributed by atoms with Gasteiger partial charge >= 0.3 is 7.12 Å². The third kappa shape index (κ3) is 2.53. The first-order chi connectivity index (χ1) is 9.16. The first kappa shape index (κ1) is 14.9. The van der Waals surface area contributed by atoms with Crippen LogP contribution in [0.3, 0.4) is 0 Å². The molecular formula is C14H18BNO4. The van der Waals surface area contributed by atoms with Crippen molar-refractivity contribution in [1.82, 2.24) is 4.98 Å². The molecule has 1 fully saturated rings. The van der Waals surface area contributed by atoms with Gasteiger partial charge in [-0.2, -0.15) is 0 Å². The van der Waals surface area contributed by atoms with E-state index in [1.54, 1.807) is 6.07 Å². The molecule has 1 aromatic rings. The Hall–Kier alpha value is -1.53. The molecule has 0 amide bonds. The first-order valence-electron chi connectivity index (χ1n) is 6.50. The highest BCUT2D eigenvalue weighted by Crippen LogP contribution is 2.36. The Bertz CT molecular complexity index is 552. The summed E-state index contributed by atoms with van der Waals surface area (Å²) in [5.41, 5.74) is 0.0764. The Morgan fingerprint density at radius 2 is 1.75 bits per heavy atom. The summed E-state index contributed by atoms with van der Waals surface area (Å²) >= 11 is 0. The van der Waals surface area contributed by atoms with Crippen molar-refractivity contribution in [3.8, 4) is 0 Å². The van der Waals surface area contributed by atoms with Crippen molar-refractivity contribution >= 4 is 24.8 Å². The van der Waals surface area contributed by atoms with Crippen molar-refractivity contribution in [3.05, 3.63) is 23.4 Å². The summed E-state index contributed by atoms with van der Waals surface area (Å²) in [7, 11) is -0.682. The Balaban J connectivity index is 2.42. The van der Waals surface area contributed by atoms with Gasteiger partial charge in [0, 0.05) is 12.5 Å². The zero-order valence-corrected chi connectivity index (χ0v) is 12.4.